The predicted molar refractivity (Wildman–Crippen MR) is 399 cm³/mol. The molecule has 0 saturated carbocycles. The van der Waals surface area contributed by atoms with E-state index in [0.717, 1.165) is 69.2 Å². The maximum Gasteiger partial charge on any atom is 0.264 e. The van der Waals surface area contributed by atoms with Gasteiger partial charge in [-0.1, -0.05) is 100 Å². The fourth-order valence-corrected chi connectivity index (χ4v) is 12.6. The lowest BCUT2D eigenvalue weighted by Crippen LogP contribution is -2.49. The number of allylic oxidation sites excluding steroid dienone is 1. The Morgan fingerprint density at radius 2 is 1.00 bits per heavy atom. The second-order valence-electron chi connectivity index (χ2n) is 26.2. The summed E-state index contributed by atoms with van der Waals surface area (Å²) >= 11 is 27.2. The summed E-state index contributed by atoms with van der Waals surface area (Å²) in [5, 5.41) is 47.5. The number of rotatable bonds is 18. The molecule has 102 heavy (non-hydrogen) atoms. The van der Waals surface area contributed by atoms with Crippen LogP contribution in [0, 0.1) is 33.5 Å². The molecule has 9 heterocycles. The summed E-state index contributed by atoms with van der Waals surface area (Å²) in [6.07, 6.45) is 13.1. The van der Waals surface area contributed by atoms with Crippen molar-refractivity contribution < 1.29 is 38.4 Å². The van der Waals surface area contributed by atoms with E-state index < -0.39 is 0 Å². The Bertz CT molecular complexity index is 4250. The van der Waals surface area contributed by atoms with Crippen molar-refractivity contribution in [1.29, 1.82) is 10.5 Å². The fourth-order valence-electron chi connectivity index (χ4n) is 11.2. The molecular weight excluding hydrogens is 1390 g/mol. The van der Waals surface area contributed by atoms with Gasteiger partial charge in [-0.2, -0.15) is 29.5 Å². The van der Waals surface area contributed by atoms with E-state index in [0.29, 0.717) is 150 Å². The number of hydrogen-bond donors (Lipinski definition) is 4. The number of aliphatic hydroxyl groups is 1. The van der Waals surface area contributed by atoms with Crippen molar-refractivity contribution >= 4 is 110 Å². The molecule has 0 bridgehead atoms. The summed E-state index contributed by atoms with van der Waals surface area (Å²) in [6.45, 7) is 23.0. The van der Waals surface area contributed by atoms with Gasteiger partial charge in [0.05, 0.1) is 54.6 Å². The van der Waals surface area contributed by atoms with Crippen LogP contribution in [0.15, 0.2) is 48.3 Å². The number of nitrogens with zero attached hydrogens (tertiary/aromatic N) is 16. The Hall–Kier alpha value is -8.51. The van der Waals surface area contributed by atoms with Gasteiger partial charge >= 0.3 is 0 Å². The summed E-state index contributed by atoms with van der Waals surface area (Å²) < 4.78 is 25.4. The van der Waals surface area contributed by atoms with E-state index in [4.69, 9.17) is 95.9 Å². The molecule has 6 aromatic heterocycles. The highest BCUT2D eigenvalue weighted by Crippen LogP contribution is 2.49. The molecule has 2 aromatic carbocycles. The number of fused-ring (bicyclic) bond motifs is 6. The molecule has 3 aliphatic heterocycles. The van der Waals surface area contributed by atoms with E-state index in [1.54, 1.807) is 70.5 Å². The lowest BCUT2D eigenvalue weighted by atomic mass is 9.93. The Balaban J connectivity index is 0.000000238. The van der Waals surface area contributed by atoms with Crippen LogP contribution < -0.4 is 34.9 Å². The molecule has 3 aliphatic rings. The molecule has 2 amide bonds. The van der Waals surface area contributed by atoms with E-state index in [-0.39, 0.29) is 41.2 Å². The Labute approximate surface area is 615 Å². The number of ether oxygens (including phenoxy) is 4. The number of pyridine rings is 2. The minimum absolute atomic E-state index is 0.0735. The SMILES string of the molecule is C1CCNCC1.CC(C)(C)C=O.CCO.CNc1ncc2cc(-c3c(Cl)c(OC)cc(OC)c3Cl)c3nc(CCCN4CCN(C(=O)C(C#N)=CC(C)(C)C)CC4)nn3c2n1.CNc1ncc2cc(-c3c(Cl)c(OC)cc(OC)c3Cl)c3nc(CCCN4CCN(C(=O)CC#N)CC4)nn3c2n1. The minimum Gasteiger partial charge on any atom is -0.495 e. The summed E-state index contributed by atoms with van der Waals surface area (Å²) in [6, 6.07) is 11.1. The molecule has 11 rings (SSSR count). The molecule has 0 atom stereocenters. The highest BCUT2D eigenvalue weighted by molar-refractivity contribution is 6.42. The van der Waals surface area contributed by atoms with E-state index in [1.165, 1.54) is 60.8 Å². The highest BCUT2D eigenvalue weighted by atomic mass is 35.5. The van der Waals surface area contributed by atoms with Crippen LogP contribution >= 0.6 is 46.4 Å². The first-order chi connectivity index (χ1) is 48.8. The standard InChI is InChI=1S/C32H37Cl2N9O3.C27H29Cl2N9O3.C5H11N.C5H10O.C2H6O/c1-32(2,3)16-20(17-35)30(44)42-12-10-41(11-13-42)9-7-8-24-38-29-21(25-26(33)22(45-5)15-23(46-6)27(25)34)14-19-18-37-31(36-4)39-28(19)43(29)40-24;1-31-27-32-15-16-13-17(22-23(28)18(40-2)14-19(41-3)24(22)29)26-33-20(35-38(26)25(16)34-27)5-4-8-36-9-11-37(12-10-36)21(39)6-7-30;1-2-4-6-5-3-1;1-5(2,3)4-6;1-2-3/h14-16,18H,7-13H2,1-6H3,(H,36,37,39);13-15H,4-6,8-12H2,1-3H3,(H,31,32,34);6H,1-5H2;4H,1-3H3;3H,2H2,1H3. The Morgan fingerprint density at radius 1 is 0.608 bits per heavy atom. The largest absolute Gasteiger partial charge is 0.495 e. The molecule has 3 fully saturated rings. The number of halogens is 4. The Morgan fingerprint density at radius 3 is 1.31 bits per heavy atom. The van der Waals surface area contributed by atoms with Crippen molar-refractivity contribution in [3.63, 3.8) is 0 Å². The number of piperidine rings is 1. The molecule has 0 radical (unpaired) electrons. The van der Waals surface area contributed by atoms with Crippen LogP contribution in [0.1, 0.15) is 98.6 Å². The number of benzene rings is 2. The lowest BCUT2D eigenvalue weighted by Gasteiger charge is -2.34. The van der Waals surface area contributed by atoms with Crippen molar-refractivity contribution in [3.8, 4) is 57.4 Å². The van der Waals surface area contributed by atoms with Gasteiger partial charge in [0.15, 0.2) is 34.2 Å². The Kier molecular flexibility index (Phi) is 30.2. The first-order valence-corrected chi connectivity index (χ1v) is 35.3. The van der Waals surface area contributed by atoms with Gasteiger partial charge in [-0.25, -0.2) is 19.9 Å². The number of hydrogen-bond acceptors (Lipinski definition) is 23. The number of amides is 2. The van der Waals surface area contributed by atoms with Crippen molar-refractivity contribution in [2.24, 2.45) is 10.8 Å². The van der Waals surface area contributed by atoms with E-state index in [1.807, 2.05) is 59.7 Å². The predicted octanol–water partition coefficient (Wildman–Crippen LogP) is 11.0. The van der Waals surface area contributed by atoms with Gasteiger partial charge < -0.3 is 54.6 Å². The normalized spacial score (nSPS) is 14.4. The fraction of sp³-hybridized carbons (Fsp3) is 0.507. The van der Waals surface area contributed by atoms with Crippen molar-refractivity contribution in [2.75, 3.05) is 138 Å². The first kappa shape index (κ1) is 80.8. The summed E-state index contributed by atoms with van der Waals surface area (Å²) in [4.78, 5) is 70.7. The number of aryl methyl sites for hydroxylation is 2. The number of anilines is 2. The van der Waals surface area contributed by atoms with Gasteiger partial charge in [-0.05, 0) is 76.3 Å². The van der Waals surface area contributed by atoms with Gasteiger partial charge in [0.1, 0.15) is 47.3 Å². The van der Waals surface area contributed by atoms with Crippen molar-refractivity contribution in [3.05, 3.63) is 80.0 Å². The summed E-state index contributed by atoms with van der Waals surface area (Å²) in [7, 11) is 9.62. The van der Waals surface area contributed by atoms with E-state index in [2.05, 4.69) is 51.8 Å². The van der Waals surface area contributed by atoms with Crippen LogP contribution in [0.25, 0.3) is 55.6 Å². The number of piperazine rings is 2. The number of nitrogens with one attached hydrogen (secondary N) is 3. The molecule has 0 aliphatic carbocycles. The number of nitriles is 2. The molecule has 31 heteroatoms. The average Bonchev–Trinajstić information content (AvgIpc) is 1.33. The zero-order valence-electron chi connectivity index (χ0n) is 60.4. The number of carbonyl (C=O) groups excluding carboxylic acids is 3. The van der Waals surface area contributed by atoms with Gasteiger partial charge in [-0.15, -0.1) is 10.2 Å². The van der Waals surface area contributed by atoms with Crippen molar-refractivity contribution in [2.45, 2.75) is 99.8 Å². The topological polar surface area (TPSA) is 317 Å². The molecule has 0 unspecified atom stereocenters. The quantitative estimate of drug-likeness (QED) is 0.0352. The summed E-state index contributed by atoms with van der Waals surface area (Å²) in [5.74, 6) is 3.53. The molecule has 3 saturated heterocycles. The minimum atomic E-state index is -0.247. The molecule has 27 nitrogen and oxygen atoms in total. The average molecular weight is 1480 g/mol. The van der Waals surface area contributed by atoms with Crippen LogP contribution in [0.5, 0.6) is 23.0 Å². The zero-order valence-corrected chi connectivity index (χ0v) is 63.5. The van der Waals surface area contributed by atoms with Gasteiger partial charge in [-0.3, -0.25) is 19.4 Å². The third-order valence-electron chi connectivity index (χ3n) is 16.4. The molecule has 0 spiro atoms. The van der Waals surface area contributed by atoms with Gasteiger partial charge in [0.25, 0.3) is 5.91 Å². The number of aliphatic hydroxyl groups excluding tert-OH is 1. The number of aromatic nitrogens is 10. The van der Waals surface area contributed by atoms with E-state index in [9.17, 15) is 19.6 Å². The monoisotopic (exact) mass is 1480 g/mol. The number of methoxy groups -OCH3 is 4. The van der Waals surface area contributed by atoms with Crippen LogP contribution in [0.4, 0.5) is 11.9 Å². The van der Waals surface area contributed by atoms with Crippen LogP contribution in [0.2, 0.25) is 20.1 Å². The van der Waals surface area contributed by atoms with Gasteiger partial charge in [0.2, 0.25) is 17.8 Å². The second kappa shape index (κ2) is 38.1. The van der Waals surface area contributed by atoms with Crippen LogP contribution in [-0.4, -0.2) is 220 Å². The molecule has 548 valence electrons. The second-order valence-corrected chi connectivity index (χ2v) is 27.7. The van der Waals surface area contributed by atoms with Crippen molar-refractivity contribution in [1.82, 2.24) is 74.0 Å². The maximum absolute atomic E-state index is 12.9. The zero-order chi connectivity index (χ0) is 74.4. The number of aldehydes is 1. The molecule has 4 N–H and O–H groups in total. The van der Waals surface area contributed by atoms with Gasteiger partial charge in [0, 0.05) is 149 Å². The van der Waals surface area contributed by atoms with E-state index >= 15 is 0 Å². The first-order valence-electron chi connectivity index (χ1n) is 33.8. The third kappa shape index (κ3) is 21.1. The molecular formula is C71H93Cl4N19O8. The highest BCUT2D eigenvalue weighted by Gasteiger charge is 2.29. The lowest BCUT2D eigenvalue weighted by molar-refractivity contribution is -0.132. The maximum atomic E-state index is 12.9. The smallest absolute Gasteiger partial charge is 0.264 e. The third-order valence-corrected chi connectivity index (χ3v) is 17.9. The van der Waals surface area contributed by atoms with Crippen LogP contribution in [-0.2, 0) is 27.2 Å². The van der Waals surface area contributed by atoms with Crippen LogP contribution in [0.3, 0.4) is 0 Å². The summed E-state index contributed by atoms with van der Waals surface area (Å²) in [5.41, 5.74) is 4.35. The molecule has 8 aromatic rings. The number of carbonyl (C=O) groups is 3.